The number of aryl methyl sites for hydroxylation is 2. The lowest BCUT2D eigenvalue weighted by molar-refractivity contribution is 0.698. The lowest BCUT2D eigenvalue weighted by atomic mass is 10.0. The summed E-state index contributed by atoms with van der Waals surface area (Å²) in [5.41, 5.74) is 5.18. The Kier molecular flexibility index (Phi) is 10.1. The van der Waals surface area contributed by atoms with Crippen LogP contribution in [-0.4, -0.2) is 13.1 Å². The van der Waals surface area contributed by atoms with E-state index in [1.54, 1.807) is 6.20 Å². The molecule has 0 aliphatic carbocycles. The summed E-state index contributed by atoms with van der Waals surface area (Å²) in [6.07, 6.45) is 14.5. The molecule has 0 aliphatic rings. The molecule has 1 aromatic carbocycles. The number of rotatable bonds is 12. The van der Waals surface area contributed by atoms with Crippen LogP contribution in [0.25, 0.3) is 6.08 Å². The molecular formula is C22H32N2. The second kappa shape index (κ2) is 12.2. The lowest BCUT2D eigenvalue weighted by Crippen LogP contribution is -2.18. The standard InChI is InChI=1S/C22H32N2/c1-5-8-11-21-14-12-20(18-19(21)4)13-15-22(10-6-2)24-17-9-16-23-7-3/h5,7,10,12-15,18,23-24H,1,3,6,8-9,11,16-17H2,2,4H3/b15-13+,22-10-. The number of nitrogens with one attached hydrogen (secondary N) is 2. The Morgan fingerprint density at radius 1 is 1.21 bits per heavy atom. The van der Waals surface area contributed by atoms with E-state index in [9.17, 15) is 0 Å². The fourth-order valence-electron chi connectivity index (χ4n) is 2.49. The van der Waals surface area contributed by atoms with E-state index in [1.165, 1.54) is 22.4 Å². The number of allylic oxidation sites excluding steroid dienone is 3. The largest absolute Gasteiger partial charge is 0.391 e. The van der Waals surface area contributed by atoms with Crippen molar-refractivity contribution in [3.05, 3.63) is 78.2 Å². The van der Waals surface area contributed by atoms with Gasteiger partial charge in [0, 0.05) is 18.8 Å². The predicted octanol–water partition coefficient (Wildman–Crippen LogP) is 5.13. The van der Waals surface area contributed by atoms with Crippen LogP contribution >= 0.6 is 0 Å². The van der Waals surface area contributed by atoms with Crippen molar-refractivity contribution < 1.29 is 0 Å². The minimum atomic E-state index is 0.949. The Morgan fingerprint density at radius 2 is 2.04 bits per heavy atom. The van der Waals surface area contributed by atoms with Crippen molar-refractivity contribution in [2.75, 3.05) is 13.1 Å². The summed E-state index contributed by atoms with van der Waals surface area (Å²) >= 11 is 0. The Morgan fingerprint density at radius 3 is 2.71 bits per heavy atom. The van der Waals surface area contributed by atoms with Gasteiger partial charge in [-0.05, 0) is 61.6 Å². The average molecular weight is 325 g/mol. The van der Waals surface area contributed by atoms with Crippen LogP contribution in [0, 0.1) is 6.92 Å². The van der Waals surface area contributed by atoms with Gasteiger partial charge in [-0.2, -0.15) is 0 Å². The molecule has 1 aromatic rings. The predicted molar refractivity (Wildman–Crippen MR) is 108 cm³/mol. The van der Waals surface area contributed by atoms with E-state index in [2.05, 4.69) is 74.1 Å². The molecule has 0 saturated heterocycles. The first-order chi connectivity index (χ1) is 11.7. The van der Waals surface area contributed by atoms with Gasteiger partial charge in [0.25, 0.3) is 0 Å². The second-order valence-corrected chi connectivity index (χ2v) is 5.85. The van der Waals surface area contributed by atoms with E-state index in [-0.39, 0.29) is 0 Å². The highest BCUT2D eigenvalue weighted by atomic mass is 14.9. The zero-order valence-corrected chi connectivity index (χ0v) is 15.3. The molecule has 130 valence electrons. The third kappa shape index (κ3) is 7.87. The van der Waals surface area contributed by atoms with Gasteiger partial charge in [-0.3, -0.25) is 0 Å². The topological polar surface area (TPSA) is 24.1 Å². The van der Waals surface area contributed by atoms with Gasteiger partial charge in [-0.25, -0.2) is 0 Å². The molecule has 0 fully saturated rings. The molecule has 2 nitrogen and oxygen atoms in total. The summed E-state index contributed by atoms with van der Waals surface area (Å²) in [6, 6.07) is 6.68. The summed E-state index contributed by atoms with van der Waals surface area (Å²) in [7, 11) is 0. The molecule has 0 atom stereocenters. The molecule has 0 unspecified atom stereocenters. The maximum absolute atomic E-state index is 3.80. The van der Waals surface area contributed by atoms with Crippen molar-refractivity contribution in [1.29, 1.82) is 0 Å². The Balaban J connectivity index is 2.62. The van der Waals surface area contributed by atoms with E-state index in [0.29, 0.717) is 0 Å². The molecule has 2 N–H and O–H groups in total. The van der Waals surface area contributed by atoms with Crippen molar-refractivity contribution in [2.45, 2.75) is 39.5 Å². The van der Waals surface area contributed by atoms with Crippen molar-refractivity contribution in [2.24, 2.45) is 0 Å². The molecule has 0 spiro atoms. The summed E-state index contributed by atoms with van der Waals surface area (Å²) in [5, 5.41) is 6.61. The number of hydrogen-bond donors (Lipinski definition) is 2. The molecule has 0 aromatic heterocycles. The molecule has 0 saturated carbocycles. The maximum atomic E-state index is 3.80. The monoisotopic (exact) mass is 324 g/mol. The van der Waals surface area contributed by atoms with E-state index >= 15 is 0 Å². The summed E-state index contributed by atoms with van der Waals surface area (Å²) < 4.78 is 0. The third-order valence-corrected chi connectivity index (χ3v) is 3.84. The maximum Gasteiger partial charge on any atom is 0.0299 e. The van der Waals surface area contributed by atoms with E-state index in [1.807, 2.05) is 6.08 Å². The summed E-state index contributed by atoms with van der Waals surface area (Å²) in [4.78, 5) is 0. The number of hydrogen-bond acceptors (Lipinski definition) is 2. The van der Waals surface area contributed by atoms with Gasteiger partial charge in [0.15, 0.2) is 0 Å². The van der Waals surface area contributed by atoms with Crippen LogP contribution in [-0.2, 0) is 6.42 Å². The van der Waals surface area contributed by atoms with E-state index in [0.717, 1.165) is 38.8 Å². The molecule has 24 heavy (non-hydrogen) atoms. The van der Waals surface area contributed by atoms with Gasteiger partial charge in [0.1, 0.15) is 0 Å². The molecule has 0 heterocycles. The second-order valence-electron chi connectivity index (χ2n) is 5.85. The Hall–Kier alpha value is -2.22. The van der Waals surface area contributed by atoms with Crippen LogP contribution in [0.5, 0.6) is 0 Å². The quantitative estimate of drug-likeness (QED) is 0.316. The minimum Gasteiger partial charge on any atom is -0.391 e. The van der Waals surface area contributed by atoms with E-state index < -0.39 is 0 Å². The SMILES string of the molecule is C=CCCc1ccc(/C=C/C(=C/CC)NCCCNC=C)cc1C. The van der Waals surface area contributed by atoms with Gasteiger partial charge in [-0.15, -0.1) is 6.58 Å². The zero-order chi connectivity index (χ0) is 17.6. The van der Waals surface area contributed by atoms with Crippen molar-refractivity contribution >= 4 is 6.08 Å². The minimum absolute atomic E-state index is 0.949. The molecule has 0 amide bonds. The van der Waals surface area contributed by atoms with Gasteiger partial charge in [0.2, 0.25) is 0 Å². The molecule has 2 heteroatoms. The van der Waals surface area contributed by atoms with Crippen LogP contribution in [0.1, 0.15) is 42.9 Å². The first-order valence-corrected chi connectivity index (χ1v) is 8.88. The van der Waals surface area contributed by atoms with Crippen LogP contribution in [0.2, 0.25) is 0 Å². The average Bonchev–Trinajstić information content (AvgIpc) is 2.58. The Labute approximate surface area is 148 Å². The lowest BCUT2D eigenvalue weighted by Gasteiger charge is -2.08. The fourth-order valence-corrected chi connectivity index (χ4v) is 2.49. The molecule has 1 rings (SSSR count). The summed E-state index contributed by atoms with van der Waals surface area (Å²) in [6.45, 7) is 13.7. The highest BCUT2D eigenvalue weighted by molar-refractivity contribution is 5.54. The van der Waals surface area contributed by atoms with Gasteiger partial charge in [0.05, 0.1) is 0 Å². The first kappa shape index (κ1) is 19.8. The first-order valence-electron chi connectivity index (χ1n) is 8.88. The van der Waals surface area contributed by atoms with Gasteiger partial charge >= 0.3 is 0 Å². The smallest absolute Gasteiger partial charge is 0.0299 e. The van der Waals surface area contributed by atoms with Gasteiger partial charge in [-0.1, -0.05) is 49.9 Å². The van der Waals surface area contributed by atoms with Crippen LogP contribution < -0.4 is 10.6 Å². The van der Waals surface area contributed by atoms with Crippen LogP contribution in [0.3, 0.4) is 0 Å². The highest BCUT2D eigenvalue weighted by Gasteiger charge is 1.98. The fraction of sp³-hybridized carbons (Fsp3) is 0.364. The number of benzene rings is 1. The van der Waals surface area contributed by atoms with Crippen molar-refractivity contribution in [3.8, 4) is 0 Å². The molecular weight excluding hydrogens is 292 g/mol. The van der Waals surface area contributed by atoms with E-state index in [4.69, 9.17) is 0 Å². The summed E-state index contributed by atoms with van der Waals surface area (Å²) in [5.74, 6) is 0. The normalized spacial score (nSPS) is 11.5. The van der Waals surface area contributed by atoms with Gasteiger partial charge < -0.3 is 10.6 Å². The molecule has 0 aliphatic heterocycles. The molecule has 0 radical (unpaired) electrons. The van der Waals surface area contributed by atoms with Crippen LogP contribution in [0.4, 0.5) is 0 Å². The van der Waals surface area contributed by atoms with Crippen molar-refractivity contribution in [1.82, 2.24) is 10.6 Å². The highest BCUT2D eigenvalue weighted by Crippen LogP contribution is 2.15. The van der Waals surface area contributed by atoms with Crippen LogP contribution in [0.15, 0.2) is 61.5 Å². The Bertz CT molecular complexity index is 567. The van der Waals surface area contributed by atoms with Crippen molar-refractivity contribution in [3.63, 3.8) is 0 Å². The zero-order valence-electron chi connectivity index (χ0n) is 15.3. The third-order valence-electron chi connectivity index (χ3n) is 3.84. The molecule has 0 bridgehead atoms.